The van der Waals surface area contributed by atoms with Crippen molar-refractivity contribution in [2.45, 2.75) is 45.7 Å². The standard InChI is InChI=1S/C27H29N7O2/c1-16-8-9-22(32-10-11-33-23(15-32)26(35)31(3)27(33)36)17(2)25(28)34-24(16)20(14-30-34)19-12-18-6-4-5-7-21(18)29-13-19/h4-7,12-14,16,28,35H,8-11,15H2,1-3H3. The van der Waals surface area contributed by atoms with Crippen molar-refractivity contribution >= 4 is 16.7 Å². The van der Waals surface area contributed by atoms with Crippen molar-refractivity contribution in [3.63, 3.8) is 0 Å². The van der Waals surface area contributed by atoms with Crippen LogP contribution in [0.5, 0.6) is 5.88 Å². The van der Waals surface area contributed by atoms with E-state index in [4.69, 9.17) is 5.41 Å². The average molecular weight is 484 g/mol. The van der Waals surface area contributed by atoms with Gasteiger partial charge in [0.15, 0.2) is 5.84 Å². The topological polar surface area (TPSA) is 105 Å². The van der Waals surface area contributed by atoms with Crippen LogP contribution in [-0.4, -0.2) is 46.3 Å². The second kappa shape index (κ2) is 8.22. The zero-order chi connectivity index (χ0) is 25.1. The third-order valence-electron chi connectivity index (χ3n) is 7.72. The number of benzene rings is 1. The smallest absolute Gasteiger partial charge is 0.331 e. The van der Waals surface area contributed by atoms with Crippen molar-refractivity contribution in [1.82, 2.24) is 28.8 Å². The Morgan fingerprint density at radius 1 is 1.17 bits per heavy atom. The SMILES string of the molecule is CC1=C(N2CCn3c(c(O)n(C)c3=O)C2)CCC(C)c2c(-c3cnc4ccccc4c3)cnn2C1=N. The van der Waals surface area contributed by atoms with E-state index in [9.17, 15) is 9.90 Å². The zero-order valence-electron chi connectivity index (χ0n) is 20.7. The van der Waals surface area contributed by atoms with Gasteiger partial charge in [0.25, 0.3) is 0 Å². The van der Waals surface area contributed by atoms with Crippen molar-refractivity contribution in [1.29, 1.82) is 5.41 Å². The minimum absolute atomic E-state index is 0.0141. The maximum absolute atomic E-state index is 12.4. The number of hydrogen-bond acceptors (Lipinski definition) is 6. The molecule has 0 saturated heterocycles. The third kappa shape index (κ3) is 3.30. The summed E-state index contributed by atoms with van der Waals surface area (Å²) in [5.41, 5.74) is 6.37. The Morgan fingerprint density at radius 2 is 1.97 bits per heavy atom. The van der Waals surface area contributed by atoms with Crippen LogP contribution in [0.4, 0.5) is 0 Å². The first-order valence-electron chi connectivity index (χ1n) is 12.3. The van der Waals surface area contributed by atoms with Gasteiger partial charge in [0.2, 0.25) is 5.88 Å². The van der Waals surface area contributed by atoms with Crippen LogP contribution >= 0.6 is 0 Å². The van der Waals surface area contributed by atoms with Gasteiger partial charge in [0.05, 0.1) is 24.0 Å². The molecular formula is C27H29N7O2. The van der Waals surface area contributed by atoms with Crippen LogP contribution in [0.15, 0.2) is 58.8 Å². The molecule has 0 aliphatic carbocycles. The molecule has 1 atom stereocenters. The Kier molecular flexibility index (Phi) is 5.10. The van der Waals surface area contributed by atoms with Gasteiger partial charge in [-0.3, -0.25) is 19.5 Å². The molecule has 1 unspecified atom stereocenters. The van der Waals surface area contributed by atoms with Gasteiger partial charge >= 0.3 is 5.69 Å². The number of rotatable bonds is 2. The summed E-state index contributed by atoms with van der Waals surface area (Å²) in [4.78, 5) is 19.2. The van der Waals surface area contributed by atoms with Crippen molar-refractivity contribution in [2.75, 3.05) is 6.54 Å². The summed E-state index contributed by atoms with van der Waals surface area (Å²) >= 11 is 0. The second-order valence-electron chi connectivity index (χ2n) is 9.82. The molecule has 36 heavy (non-hydrogen) atoms. The van der Waals surface area contributed by atoms with E-state index in [0.717, 1.165) is 51.8 Å². The molecule has 3 aromatic heterocycles. The van der Waals surface area contributed by atoms with Crippen LogP contribution in [0.2, 0.25) is 0 Å². The number of imidazole rings is 1. The van der Waals surface area contributed by atoms with Gasteiger partial charge < -0.3 is 10.0 Å². The first-order chi connectivity index (χ1) is 17.3. The Bertz CT molecular complexity index is 1620. The van der Waals surface area contributed by atoms with E-state index in [0.29, 0.717) is 31.2 Å². The maximum atomic E-state index is 12.4. The predicted molar refractivity (Wildman–Crippen MR) is 138 cm³/mol. The summed E-state index contributed by atoms with van der Waals surface area (Å²) in [6, 6.07) is 10.2. The van der Waals surface area contributed by atoms with Gasteiger partial charge in [-0.15, -0.1) is 0 Å². The van der Waals surface area contributed by atoms with Crippen LogP contribution in [0.25, 0.3) is 22.0 Å². The third-order valence-corrected chi connectivity index (χ3v) is 7.72. The van der Waals surface area contributed by atoms with E-state index >= 15 is 0 Å². The van der Waals surface area contributed by atoms with E-state index in [1.807, 2.05) is 37.5 Å². The lowest BCUT2D eigenvalue weighted by molar-refractivity contribution is 0.257. The van der Waals surface area contributed by atoms with E-state index in [1.54, 1.807) is 16.3 Å². The molecule has 0 saturated carbocycles. The van der Waals surface area contributed by atoms with Gasteiger partial charge in [-0.25, -0.2) is 9.48 Å². The van der Waals surface area contributed by atoms with Gasteiger partial charge in [-0.2, -0.15) is 5.10 Å². The van der Waals surface area contributed by atoms with E-state index < -0.39 is 0 Å². The fraction of sp³-hybridized carbons (Fsp3) is 0.333. The number of pyridine rings is 1. The number of hydrogen-bond donors (Lipinski definition) is 2. The van der Waals surface area contributed by atoms with Crippen molar-refractivity contribution in [3.8, 4) is 17.0 Å². The van der Waals surface area contributed by atoms with Gasteiger partial charge in [0, 0.05) is 54.1 Å². The summed E-state index contributed by atoms with van der Waals surface area (Å²) in [5, 5.41) is 25.3. The normalized spacial score (nSPS) is 18.2. The molecule has 184 valence electrons. The molecule has 2 aliphatic heterocycles. The molecule has 9 nitrogen and oxygen atoms in total. The Balaban J connectivity index is 1.39. The fourth-order valence-corrected chi connectivity index (χ4v) is 5.62. The fourth-order valence-electron chi connectivity index (χ4n) is 5.62. The maximum Gasteiger partial charge on any atom is 0.331 e. The number of para-hydroxylation sites is 1. The van der Waals surface area contributed by atoms with Crippen LogP contribution in [0, 0.1) is 5.41 Å². The van der Waals surface area contributed by atoms with E-state index in [-0.39, 0.29) is 17.5 Å². The highest BCUT2D eigenvalue weighted by molar-refractivity contribution is 5.98. The van der Waals surface area contributed by atoms with Gasteiger partial charge in [-0.05, 0) is 37.8 Å². The average Bonchev–Trinajstić information content (AvgIpc) is 3.43. The minimum Gasteiger partial charge on any atom is -0.493 e. The first-order valence-corrected chi connectivity index (χ1v) is 12.3. The summed E-state index contributed by atoms with van der Waals surface area (Å²) in [7, 11) is 1.59. The Morgan fingerprint density at radius 3 is 2.81 bits per heavy atom. The number of nitrogens with one attached hydrogen (secondary N) is 1. The number of allylic oxidation sites excluding steroid dienone is 2. The zero-order valence-corrected chi connectivity index (χ0v) is 20.7. The first kappa shape index (κ1) is 22.3. The molecule has 0 amide bonds. The largest absolute Gasteiger partial charge is 0.493 e. The van der Waals surface area contributed by atoms with Crippen LogP contribution < -0.4 is 5.69 Å². The molecule has 1 aromatic carbocycles. The molecule has 2 N–H and O–H groups in total. The lowest BCUT2D eigenvalue weighted by Crippen LogP contribution is -2.38. The second-order valence-corrected chi connectivity index (χ2v) is 9.82. The minimum atomic E-state index is -0.191. The molecule has 0 bridgehead atoms. The molecule has 6 rings (SSSR count). The summed E-state index contributed by atoms with van der Waals surface area (Å²) < 4.78 is 4.71. The molecular weight excluding hydrogens is 454 g/mol. The summed E-state index contributed by atoms with van der Waals surface area (Å²) in [6.45, 7) is 5.77. The molecule has 5 heterocycles. The van der Waals surface area contributed by atoms with Gasteiger partial charge in [-0.1, -0.05) is 25.1 Å². The predicted octanol–water partition coefficient (Wildman–Crippen LogP) is 3.82. The monoisotopic (exact) mass is 483 g/mol. The Hall–Kier alpha value is -4.14. The number of nitrogens with zero attached hydrogens (tertiary/aromatic N) is 6. The van der Waals surface area contributed by atoms with Crippen molar-refractivity contribution < 1.29 is 5.11 Å². The quantitative estimate of drug-likeness (QED) is 0.451. The summed E-state index contributed by atoms with van der Waals surface area (Å²) in [5.74, 6) is 0.539. The molecule has 9 heteroatoms. The number of fused-ring (bicyclic) bond motifs is 3. The van der Waals surface area contributed by atoms with E-state index in [1.165, 1.54) is 4.57 Å². The molecule has 0 radical (unpaired) electrons. The number of aromatic nitrogens is 5. The summed E-state index contributed by atoms with van der Waals surface area (Å²) in [6.07, 6.45) is 5.44. The molecule has 0 fully saturated rings. The lowest BCUT2D eigenvalue weighted by Gasteiger charge is -2.35. The highest BCUT2D eigenvalue weighted by atomic mass is 16.3. The highest BCUT2D eigenvalue weighted by Crippen LogP contribution is 2.37. The molecule has 2 aliphatic rings. The number of aromatic hydroxyl groups is 1. The van der Waals surface area contributed by atoms with Crippen LogP contribution in [0.1, 0.15) is 44.0 Å². The molecule has 0 spiro atoms. The Labute approximate surface area is 208 Å². The molecule has 4 aromatic rings. The highest BCUT2D eigenvalue weighted by Gasteiger charge is 2.30. The van der Waals surface area contributed by atoms with E-state index in [2.05, 4.69) is 34.0 Å². The van der Waals surface area contributed by atoms with Crippen molar-refractivity contribution in [2.24, 2.45) is 7.05 Å². The van der Waals surface area contributed by atoms with Crippen molar-refractivity contribution in [3.05, 3.63) is 75.9 Å². The van der Waals surface area contributed by atoms with Crippen LogP contribution in [-0.2, 0) is 20.1 Å². The van der Waals surface area contributed by atoms with Crippen LogP contribution in [0.3, 0.4) is 0 Å². The lowest BCUT2D eigenvalue weighted by atomic mass is 9.91. The van der Waals surface area contributed by atoms with Gasteiger partial charge in [0.1, 0.15) is 5.69 Å².